The third-order valence-corrected chi connectivity index (χ3v) is 2.76. The molecular weight excluding hydrogens is 236 g/mol. The third-order valence-electron chi connectivity index (χ3n) is 2.13. The van der Waals surface area contributed by atoms with Gasteiger partial charge in [-0.25, -0.2) is 0 Å². The number of rotatable bonds is 5. The number of ketones is 1. The van der Waals surface area contributed by atoms with Gasteiger partial charge in [0.2, 0.25) is 0 Å². The van der Waals surface area contributed by atoms with Crippen LogP contribution in [-0.2, 0) is 14.3 Å². The van der Waals surface area contributed by atoms with Crippen molar-refractivity contribution in [1.82, 2.24) is 0 Å². The van der Waals surface area contributed by atoms with E-state index in [1.165, 1.54) is 0 Å². The van der Waals surface area contributed by atoms with Crippen molar-refractivity contribution in [2.45, 2.75) is 32.0 Å². The second-order valence-corrected chi connectivity index (χ2v) is 3.92. The highest BCUT2D eigenvalue weighted by Crippen LogP contribution is 2.24. The van der Waals surface area contributed by atoms with Crippen LogP contribution in [0.4, 0.5) is 0 Å². The number of halogens is 1. The molecule has 0 spiro atoms. The molecule has 0 unspecified atom stereocenters. The molecule has 0 aliphatic carbocycles. The molecule has 0 aromatic heterocycles. The minimum atomic E-state index is -0.438. The summed E-state index contributed by atoms with van der Waals surface area (Å²) in [5, 5.41) is 0.450. The van der Waals surface area contributed by atoms with Crippen molar-refractivity contribution in [2.75, 3.05) is 18.5 Å². The molecule has 0 bridgehead atoms. The van der Waals surface area contributed by atoms with E-state index in [1.54, 1.807) is 0 Å². The smallest absolute Gasteiger partial charge is 0.165 e. The van der Waals surface area contributed by atoms with Crippen molar-refractivity contribution in [1.29, 1.82) is 0 Å². The van der Waals surface area contributed by atoms with Gasteiger partial charge in [-0.15, -0.1) is 0 Å². The van der Waals surface area contributed by atoms with Crippen LogP contribution in [0.25, 0.3) is 0 Å². The van der Waals surface area contributed by atoms with Gasteiger partial charge in [-0.1, -0.05) is 15.9 Å². The van der Waals surface area contributed by atoms with E-state index in [4.69, 9.17) is 9.47 Å². The molecule has 1 saturated heterocycles. The lowest BCUT2D eigenvalue weighted by atomic mass is 10.1. The van der Waals surface area contributed by atoms with E-state index < -0.39 is 5.79 Å². The van der Waals surface area contributed by atoms with Gasteiger partial charge in [0, 0.05) is 12.8 Å². The maximum atomic E-state index is 11.0. The number of Topliss-reactive ketones (excluding diaryl/α,β-unsaturated/α-hetero) is 1. The minimum Gasteiger partial charge on any atom is -0.348 e. The molecule has 1 rings (SSSR count). The van der Waals surface area contributed by atoms with Crippen LogP contribution in [0, 0.1) is 0 Å². The molecule has 76 valence electrons. The van der Waals surface area contributed by atoms with Crippen LogP contribution >= 0.6 is 15.9 Å². The summed E-state index contributed by atoms with van der Waals surface area (Å²) in [6, 6.07) is 0. The predicted octanol–water partition coefficient (Wildman–Crippen LogP) is 1.88. The van der Waals surface area contributed by atoms with E-state index >= 15 is 0 Å². The van der Waals surface area contributed by atoms with Gasteiger partial charge in [0.1, 0.15) is 5.78 Å². The molecule has 13 heavy (non-hydrogen) atoms. The topological polar surface area (TPSA) is 35.5 Å². The van der Waals surface area contributed by atoms with Crippen molar-refractivity contribution in [3.05, 3.63) is 0 Å². The molecule has 0 aromatic rings. The Kier molecular flexibility index (Phi) is 4.35. The molecule has 4 heteroatoms. The Balaban J connectivity index is 2.14. The summed E-state index contributed by atoms with van der Waals surface area (Å²) >= 11 is 3.13. The second-order valence-electron chi connectivity index (χ2n) is 3.36. The van der Waals surface area contributed by atoms with E-state index in [9.17, 15) is 4.79 Å². The Hall–Kier alpha value is 0.0700. The molecule has 0 aromatic carbocycles. The maximum absolute atomic E-state index is 11.0. The lowest BCUT2D eigenvalue weighted by Crippen LogP contribution is -2.25. The Morgan fingerprint density at radius 2 is 2.08 bits per heavy atom. The first kappa shape index (κ1) is 11.1. The van der Waals surface area contributed by atoms with Crippen LogP contribution in [0.1, 0.15) is 26.2 Å². The van der Waals surface area contributed by atoms with E-state index in [1.807, 2.05) is 6.92 Å². The van der Waals surface area contributed by atoms with Crippen molar-refractivity contribution in [3.63, 3.8) is 0 Å². The molecule has 1 aliphatic heterocycles. The number of carbonyl (C=O) groups is 1. The van der Waals surface area contributed by atoms with Gasteiger partial charge in [-0.05, 0) is 13.3 Å². The molecule has 3 nitrogen and oxygen atoms in total. The van der Waals surface area contributed by atoms with Crippen LogP contribution < -0.4 is 0 Å². The monoisotopic (exact) mass is 250 g/mol. The quantitative estimate of drug-likeness (QED) is 0.700. The summed E-state index contributed by atoms with van der Waals surface area (Å²) in [6.07, 6.45) is 2.24. The molecule has 0 amide bonds. The summed E-state index contributed by atoms with van der Waals surface area (Å²) in [6.45, 7) is 3.27. The van der Waals surface area contributed by atoms with Crippen LogP contribution in [0.2, 0.25) is 0 Å². The van der Waals surface area contributed by atoms with Crippen LogP contribution in [0.15, 0.2) is 0 Å². The first-order chi connectivity index (χ1) is 6.16. The first-order valence-corrected chi connectivity index (χ1v) is 5.64. The molecule has 0 saturated carbocycles. The Bertz CT molecular complexity index is 176. The standard InChI is InChI=1S/C9H15BrO3/c1-9(12-5-6-13-9)4-2-3-8(11)7-10/h2-7H2,1H3. The van der Waals surface area contributed by atoms with Crippen molar-refractivity contribution < 1.29 is 14.3 Å². The summed E-state index contributed by atoms with van der Waals surface area (Å²) in [7, 11) is 0. The van der Waals surface area contributed by atoms with Crippen molar-refractivity contribution in [2.24, 2.45) is 0 Å². The fraction of sp³-hybridized carbons (Fsp3) is 0.889. The highest BCUT2D eigenvalue weighted by molar-refractivity contribution is 9.09. The first-order valence-electron chi connectivity index (χ1n) is 4.52. The Labute approximate surface area is 86.9 Å². The summed E-state index contributed by atoms with van der Waals surface area (Å²) in [5.74, 6) is -0.200. The van der Waals surface area contributed by atoms with E-state index in [2.05, 4.69) is 15.9 Å². The average Bonchev–Trinajstić information content (AvgIpc) is 2.52. The van der Waals surface area contributed by atoms with Crippen LogP contribution in [0.3, 0.4) is 0 Å². The molecule has 0 radical (unpaired) electrons. The highest BCUT2D eigenvalue weighted by Gasteiger charge is 2.30. The normalized spacial score (nSPS) is 20.5. The fourth-order valence-electron chi connectivity index (χ4n) is 1.37. The van der Waals surface area contributed by atoms with Crippen molar-refractivity contribution in [3.8, 4) is 0 Å². The highest BCUT2D eigenvalue weighted by atomic mass is 79.9. The minimum absolute atomic E-state index is 0.238. The third kappa shape index (κ3) is 3.75. The fourth-order valence-corrected chi connectivity index (χ4v) is 1.65. The average molecular weight is 251 g/mol. The molecule has 0 N–H and O–H groups in total. The number of hydrogen-bond donors (Lipinski definition) is 0. The summed E-state index contributed by atoms with van der Waals surface area (Å²) in [4.78, 5) is 11.0. The van der Waals surface area contributed by atoms with Crippen LogP contribution in [-0.4, -0.2) is 30.1 Å². The molecule has 0 atom stereocenters. The maximum Gasteiger partial charge on any atom is 0.165 e. The zero-order valence-electron chi connectivity index (χ0n) is 7.85. The van der Waals surface area contributed by atoms with E-state index in [0.29, 0.717) is 25.0 Å². The lowest BCUT2D eigenvalue weighted by Gasteiger charge is -2.21. The van der Waals surface area contributed by atoms with Gasteiger partial charge in [0.05, 0.1) is 18.5 Å². The van der Waals surface area contributed by atoms with Gasteiger partial charge in [0.15, 0.2) is 5.79 Å². The zero-order valence-corrected chi connectivity index (χ0v) is 9.43. The Morgan fingerprint density at radius 1 is 1.46 bits per heavy atom. The molecule has 1 heterocycles. The van der Waals surface area contributed by atoms with E-state index in [0.717, 1.165) is 12.8 Å². The van der Waals surface area contributed by atoms with Crippen molar-refractivity contribution >= 4 is 21.7 Å². The lowest BCUT2D eigenvalue weighted by molar-refractivity contribution is -0.148. The SMILES string of the molecule is CC1(CCCC(=O)CBr)OCCO1. The largest absolute Gasteiger partial charge is 0.348 e. The van der Waals surface area contributed by atoms with Crippen LogP contribution in [0.5, 0.6) is 0 Å². The van der Waals surface area contributed by atoms with E-state index in [-0.39, 0.29) is 5.78 Å². The van der Waals surface area contributed by atoms with Gasteiger partial charge in [-0.3, -0.25) is 4.79 Å². The molecular formula is C9H15BrO3. The van der Waals surface area contributed by atoms with Gasteiger partial charge < -0.3 is 9.47 Å². The van der Waals surface area contributed by atoms with Gasteiger partial charge in [-0.2, -0.15) is 0 Å². The zero-order chi connectivity index (χ0) is 9.73. The Morgan fingerprint density at radius 3 is 2.62 bits per heavy atom. The number of alkyl halides is 1. The number of ether oxygens (including phenoxy) is 2. The predicted molar refractivity (Wildman–Crippen MR) is 53.0 cm³/mol. The molecule has 1 aliphatic rings. The second kappa shape index (κ2) is 5.08. The summed E-state index contributed by atoms with van der Waals surface area (Å²) < 4.78 is 10.8. The molecule has 1 fully saturated rings. The summed E-state index contributed by atoms with van der Waals surface area (Å²) in [5.41, 5.74) is 0. The van der Waals surface area contributed by atoms with Gasteiger partial charge in [0.25, 0.3) is 0 Å². The van der Waals surface area contributed by atoms with Gasteiger partial charge >= 0.3 is 0 Å². The number of hydrogen-bond acceptors (Lipinski definition) is 3. The number of carbonyl (C=O) groups excluding carboxylic acids is 1.